The highest BCUT2D eigenvalue weighted by molar-refractivity contribution is 6.10. The molecule has 0 saturated heterocycles. The summed E-state index contributed by atoms with van der Waals surface area (Å²) in [5.41, 5.74) is 2.79. The van der Waals surface area contributed by atoms with Gasteiger partial charge in [0.25, 0.3) is 0 Å². The van der Waals surface area contributed by atoms with E-state index in [1.54, 1.807) is 42.5 Å². The van der Waals surface area contributed by atoms with E-state index in [1.165, 1.54) is 0 Å². The third-order valence-corrected chi connectivity index (χ3v) is 6.07. The first kappa shape index (κ1) is 24.2. The van der Waals surface area contributed by atoms with Crippen LogP contribution in [0.5, 0.6) is 5.75 Å². The number of hydrogen-bond donors (Lipinski definition) is 4. The van der Waals surface area contributed by atoms with E-state index in [0.29, 0.717) is 33.9 Å². The third kappa shape index (κ3) is 4.93. The van der Waals surface area contributed by atoms with Crippen LogP contribution in [0.25, 0.3) is 21.9 Å². The molecule has 2 amide bonds. The number of hydrogen-bond acceptors (Lipinski definition) is 6. The molecular formula is C28H28N4O5. The summed E-state index contributed by atoms with van der Waals surface area (Å²) in [6.45, 7) is 8.01. The molecule has 3 aromatic heterocycles. The molecule has 5 rings (SSSR count). The van der Waals surface area contributed by atoms with Crippen molar-refractivity contribution in [3.63, 3.8) is 0 Å². The van der Waals surface area contributed by atoms with E-state index in [0.717, 1.165) is 29.3 Å². The second-order valence-corrected chi connectivity index (χ2v) is 10.1. The zero-order valence-corrected chi connectivity index (χ0v) is 21.1. The Kier molecular flexibility index (Phi) is 5.99. The van der Waals surface area contributed by atoms with Crippen molar-refractivity contribution in [2.45, 2.75) is 46.0 Å². The van der Waals surface area contributed by atoms with Gasteiger partial charge in [-0.2, -0.15) is 0 Å². The minimum atomic E-state index is -0.475. The Labute approximate surface area is 212 Å². The van der Waals surface area contributed by atoms with Crippen molar-refractivity contribution in [2.24, 2.45) is 0 Å². The van der Waals surface area contributed by atoms with Gasteiger partial charge in [-0.25, -0.2) is 4.79 Å². The maximum absolute atomic E-state index is 13.1. The SMILES string of the molecule is CCCc1cc2[nH]c(C(=O)c3cc4cc(NC(=O)Nc5cc(C(C)(C)C)on5)ccc4o3)cc2cc1O. The molecule has 0 aliphatic carbocycles. The van der Waals surface area contributed by atoms with Gasteiger partial charge in [0.1, 0.15) is 17.1 Å². The minimum absolute atomic E-state index is 0.165. The van der Waals surface area contributed by atoms with Crippen LogP contribution >= 0.6 is 0 Å². The Bertz CT molecular complexity index is 1630. The van der Waals surface area contributed by atoms with Crippen molar-refractivity contribution in [1.29, 1.82) is 0 Å². The van der Waals surface area contributed by atoms with E-state index in [-0.39, 0.29) is 22.7 Å². The smallest absolute Gasteiger partial charge is 0.324 e. The number of aromatic nitrogens is 2. The van der Waals surface area contributed by atoms with E-state index in [9.17, 15) is 14.7 Å². The number of carbonyl (C=O) groups is 2. The number of phenols is 1. The Morgan fingerprint density at radius 1 is 1.03 bits per heavy atom. The van der Waals surface area contributed by atoms with Crippen LogP contribution in [0.3, 0.4) is 0 Å². The first-order valence-electron chi connectivity index (χ1n) is 12.1. The minimum Gasteiger partial charge on any atom is -0.508 e. The van der Waals surface area contributed by atoms with Gasteiger partial charge in [-0.15, -0.1) is 0 Å². The number of anilines is 2. The lowest BCUT2D eigenvalue weighted by Crippen LogP contribution is -2.19. The number of rotatable bonds is 6. The average Bonchev–Trinajstić information content (AvgIpc) is 3.56. The Morgan fingerprint density at radius 3 is 2.57 bits per heavy atom. The molecule has 9 nitrogen and oxygen atoms in total. The number of fused-ring (bicyclic) bond motifs is 2. The number of phenolic OH excluding ortho intramolecular Hbond substituents is 1. The maximum atomic E-state index is 13.1. The van der Waals surface area contributed by atoms with E-state index < -0.39 is 6.03 Å². The standard InChI is InChI=1S/C28H28N4O5/c1-5-6-15-10-19-16(12-21(15)33)11-20(30-19)26(34)23-13-17-9-18(7-8-22(17)36-23)29-27(35)31-25-14-24(37-32-25)28(2,3)4/h7-14,30,33H,5-6H2,1-4H3,(H2,29,31,32,35). The number of furan rings is 1. The first-order chi connectivity index (χ1) is 17.6. The highest BCUT2D eigenvalue weighted by Gasteiger charge is 2.21. The molecule has 9 heteroatoms. The zero-order valence-electron chi connectivity index (χ0n) is 21.1. The summed E-state index contributed by atoms with van der Waals surface area (Å²) in [5, 5.41) is 20.9. The van der Waals surface area contributed by atoms with Crippen LogP contribution in [0.2, 0.25) is 0 Å². The van der Waals surface area contributed by atoms with Gasteiger partial charge < -0.3 is 24.3 Å². The van der Waals surface area contributed by atoms with Crippen molar-refractivity contribution < 1.29 is 23.6 Å². The number of nitrogens with one attached hydrogen (secondary N) is 3. The highest BCUT2D eigenvalue weighted by Crippen LogP contribution is 2.29. The number of carbonyl (C=O) groups excluding carboxylic acids is 2. The van der Waals surface area contributed by atoms with Crippen LogP contribution < -0.4 is 10.6 Å². The number of ketones is 1. The van der Waals surface area contributed by atoms with E-state index in [1.807, 2.05) is 33.8 Å². The van der Waals surface area contributed by atoms with Crippen molar-refractivity contribution in [3.05, 3.63) is 71.3 Å². The fourth-order valence-electron chi connectivity index (χ4n) is 4.14. The quantitative estimate of drug-likeness (QED) is 0.191. The molecule has 0 atom stereocenters. The number of aromatic amines is 1. The topological polar surface area (TPSA) is 133 Å². The molecule has 0 aliphatic rings. The predicted octanol–water partition coefficient (Wildman–Crippen LogP) is 6.73. The van der Waals surface area contributed by atoms with Gasteiger partial charge in [0.2, 0.25) is 5.78 Å². The molecule has 2 aromatic carbocycles. The summed E-state index contributed by atoms with van der Waals surface area (Å²) in [7, 11) is 0. The number of nitrogens with zero attached hydrogens (tertiary/aromatic N) is 1. The molecule has 0 bridgehead atoms. The van der Waals surface area contributed by atoms with Gasteiger partial charge in [0.15, 0.2) is 11.6 Å². The molecule has 0 saturated carbocycles. The summed E-state index contributed by atoms with van der Waals surface area (Å²) in [6, 6.07) is 13.2. The van der Waals surface area contributed by atoms with Crippen LogP contribution in [-0.2, 0) is 11.8 Å². The third-order valence-electron chi connectivity index (χ3n) is 6.07. The molecular weight excluding hydrogens is 472 g/mol. The normalized spacial score (nSPS) is 11.8. The monoisotopic (exact) mass is 500 g/mol. The number of aryl methyl sites for hydroxylation is 1. The van der Waals surface area contributed by atoms with Crippen LogP contribution in [0.15, 0.2) is 57.5 Å². The number of aromatic hydroxyl groups is 1. The van der Waals surface area contributed by atoms with Crippen LogP contribution in [0.4, 0.5) is 16.3 Å². The van der Waals surface area contributed by atoms with E-state index >= 15 is 0 Å². The van der Waals surface area contributed by atoms with Crippen molar-refractivity contribution in [2.75, 3.05) is 10.6 Å². The number of benzene rings is 2. The van der Waals surface area contributed by atoms with Crippen LogP contribution in [0.1, 0.15) is 61.7 Å². The molecule has 5 aromatic rings. The fourth-order valence-corrected chi connectivity index (χ4v) is 4.14. The molecule has 4 N–H and O–H groups in total. The Balaban J connectivity index is 1.32. The van der Waals surface area contributed by atoms with Gasteiger partial charge >= 0.3 is 6.03 Å². The number of amides is 2. The number of urea groups is 1. The van der Waals surface area contributed by atoms with E-state index in [4.69, 9.17) is 8.94 Å². The Morgan fingerprint density at radius 2 is 1.84 bits per heavy atom. The second kappa shape index (κ2) is 9.16. The summed E-state index contributed by atoms with van der Waals surface area (Å²) in [6.07, 6.45) is 1.65. The summed E-state index contributed by atoms with van der Waals surface area (Å²) in [5.74, 6) is 1.05. The fraction of sp³-hybridized carbons (Fsp3) is 0.250. The van der Waals surface area contributed by atoms with Gasteiger partial charge in [-0.05, 0) is 54.4 Å². The first-order valence-corrected chi connectivity index (χ1v) is 12.1. The van der Waals surface area contributed by atoms with Gasteiger partial charge in [-0.3, -0.25) is 10.1 Å². The summed E-state index contributed by atoms with van der Waals surface area (Å²) in [4.78, 5) is 28.7. The Hall–Kier alpha value is -4.53. The van der Waals surface area contributed by atoms with Gasteiger partial charge in [0, 0.05) is 33.5 Å². The lowest BCUT2D eigenvalue weighted by atomic mass is 9.93. The van der Waals surface area contributed by atoms with Crippen molar-refractivity contribution in [1.82, 2.24) is 10.1 Å². The van der Waals surface area contributed by atoms with Crippen molar-refractivity contribution >= 4 is 45.2 Å². The van der Waals surface area contributed by atoms with Crippen LogP contribution in [-0.4, -0.2) is 27.1 Å². The molecule has 0 fully saturated rings. The predicted molar refractivity (Wildman–Crippen MR) is 141 cm³/mol. The molecule has 3 heterocycles. The second-order valence-electron chi connectivity index (χ2n) is 10.1. The summed E-state index contributed by atoms with van der Waals surface area (Å²) < 4.78 is 11.1. The molecule has 0 radical (unpaired) electrons. The van der Waals surface area contributed by atoms with Crippen molar-refractivity contribution in [3.8, 4) is 5.75 Å². The molecule has 0 unspecified atom stereocenters. The zero-order chi connectivity index (χ0) is 26.3. The maximum Gasteiger partial charge on any atom is 0.324 e. The van der Waals surface area contributed by atoms with E-state index in [2.05, 4.69) is 20.8 Å². The summed E-state index contributed by atoms with van der Waals surface area (Å²) >= 11 is 0. The average molecular weight is 501 g/mol. The van der Waals surface area contributed by atoms with Gasteiger partial charge in [0.05, 0.1) is 5.69 Å². The highest BCUT2D eigenvalue weighted by atomic mass is 16.5. The van der Waals surface area contributed by atoms with Crippen LogP contribution in [0, 0.1) is 0 Å². The molecule has 0 spiro atoms. The van der Waals surface area contributed by atoms with Gasteiger partial charge in [-0.1, -0.05) is 39.3 Å². The number of H-pyrrole nitrogens is 1. The molecule has 190 valence electrons. The lowest BCUT2D eigenvalue weighted by molar-refractivity contribution is 0.101. The molecule has 37 heavy (non-hydrogen) atoms. The molecule has 0 aliphatic heterocycles. The largest absolute Gasteiger partial charge is 0.508 e. The lowest BCUT2D eigenvalue weighted by Gasteiger charge is -2.12.